The van der Waals surface area contributed by atoms with E-state index in [1.165, 1.54) is 18.2 Å². The number of amides is 2. The first-order chi connectivity index (χ1) is 11.9. The number of carbonyl (C=O) groups is 2. The molecule has 2 aromatic rings. The van der Waals surface area contributed by atoms with Gasteiger partial charge in [-0.2, -0.15) is 0 Å². The molecule has 25 heavy (non-hydrogen) atoms. The van der Waals surface area contributed by atoms with Crippen LogP contribution in [0.1, 0.15) is 22.0 Å². The van der Waals surface area contributed by atoms with E-state index < -0.39 is 29.6 Å². The summed E-state index contributed by atoms with van der Waals surface area (Å²) in [6.07, 6.45) is 0. The molecule has 0 bridgehead atoms. The molecule has 0 spiro atoms. The molecule has 1 heterocycles. The van der Waals surface area contributed by atoms with Gasteiger partial charge in [0.25, 0.3) is 0 Å². The van der Waals surface area contributed by atoms with Crippen molar-refractivity contribution in [1.82, 2.24) is 10.6 Å². The lowest BCUT2D eigenvalue weighted by molar-refractivity contribution is 0.0904. The number of carbonyl (C=O) groups excluding carboxylic acids is 2. The molecule has 0 radical (unpaired) electrons. The summed E-state index contributed by atoms with van der Waals surface area (Å²) in [5, 5.41) is 5.41. The molecular formula is C18H13ClF2N2O2. The molecule has 0 unspecified atom stereocenters. The van der Waals surface area contributed by atoms with Crippen molar-refractivity contribution in [3.8, 4) is 0 Å². The zero-order valence-corrected chi connectivity index (χ0v) is 13.6. The molecule has 0 saturated carbocycles. The molecule has 2 amide bonds. The molecule has 1 fully saturated rings. The van der Waals surface area contributed by atoms with Crippen molar-refractivity contribution >= 4 is 23.4 Å². The third-order valence-electron chi connectivity index (χ3n) is 3.98. The Morgan fingerprint density at radius 1 is 1.12 bits per heavy atom. The molecule has 2 N–H and O–H groups in total. The summed E-state index contributed by atoms with van der Waals surface area (Å²) in [6.45, 7) is 3.72. The van der Waals surface area contributed by atoms with Crippen LogP contribution in [0, 0.1) is 17.6 Å². The monoisotopic (exact) mass is 362 g/mol. The summed E-state index contributed by atoms with van der Waals surface area (Å²) in [7, 11) is 0. The van der Waals surface area contributed by atoms with Crippen LogP contribution < -0.4 is 10.6 Å². The molecule has 128 valence electrons. The van der Waals surface area contributed by atoms with Gasteiger partial charge in [-0.05, 0) is 30.3 Å². The second-order valence-electron chi connectivity index (χ2n) is 5.62. The second kappa shape index (κ2) is 6.64. The van der Waals surface area contributed by atoms with E-state index >= 15 is 0 Å². The highest BCUT2D eigenvalue weighted by atomic mass is 35.5. The third kappa shape index (κ3) is 3.39. The van der Waals surface area contributed by atoms with Gasteiger partial charge < -0.3 is 10.6 Å². The average Bonchev–Trinajstić information content (AvgIpc) is 2.54. The van der Waals surface area contributed by atoms with Crippen molar-refractivity contribution in [2.24, 2.45) is 5.92 Å². The Morgan fingerprint density at radius 2 is 1.80 bits per heavy atom. The Balaban J connectivity index is 2.03. The number of Topliss-reactive ketones (excluding diaryl/α,β-unsaturated/α-hetero) is 1. The summed E-state index contributed by atoms with van der Waals surface area (Å²) < 4.78 is 27.4. The van der Waals surface area contributed by atoms with Gasteiger partial charge in [0, 0.05) is 27.9 Å². The van der Waals surface area contributed by atoms with Crippen molar-refractivity contribution in [2.45, 2.75) is 6.04 Å². The Hall–Kier alpha value is -2.73. The standard InChI is InChI=1S/C18H13ClF2N2O2/c1-9-15(17(24)10-2-4-11(19)5-3-10)16(23-18(25)22-9)13-7-6-12(20)8-14(13)21/h2-8,15-16H,1H2,(H2,22,23,25)/t15-,16+/m0/s1. The summed E-state index contributed by atoms with van der Waals surface area (Å²) in [5.74, 6) is -2.93. The van der Waals surface area contributed by atoms with Gasteiger partial charge in [0.1, 0.15) is 11.6 Å². The van der Waals surface area contributed by atoms with Crippen molar-refractivity contribution in [1.29, 1.82) is 0 Å². The minimum Gasteiger partial charge on any atom is -0.330 e. The molecule has 1 aliphatic rings. The van der Waals surface area contributed by atoms with Crippen LogP contribution in [-0.4, -0.2) is 11.8 Å². The molecule has 1 saturated heterocycles. The zero-order valence-electron chi connectivity index (χ0n) is 12.9. The Labute approximate surface area is 147 Å². The first-order valence-corrected chi connectivity index (χ1v) is 7.75. The number of rotatable bonds is 3. The highest BCUT2D eigenvalue weighted by molar-refractivity contribution is 6.30. The Morgan fingerprint density at radius 3 is 2.44 bits per heavy atom. The fourth-order valence-corrected chi connectivity index (χ4v) is 2.93. The third-order valence-corrected chi connectivity index (χ3v) is 4.23. The Bertz CT molecular complexity index is 868. The zero-order chi connectivity index (χ0) is 18.1. The maximum atomic E-state index is 14.2. The van der Waals surface area contributed by atoms with E-state index in [-0.39, 0.29) is 17.0 Å². The normalized spacial score (nSPS) is 20.0. The maximum absolute atomic E-state index is 14.2. The molecular weight excluding hydrogens is 350 g/mol. The van der Waals surface area contributed by atoms with Crippen molar-refractivity contribution in [3.63, 3.8) is 0 Å². The lowest BCUT2D eigenvalue weighted by Gasteiger charge is -2.34. The average molecular weight is 363 g/mol. The van der Waals surface area contributed by atoms with Crippen molar-refractivity contribution < 1.29 is 18.4 Å². The number of urea groups is 1. The lowest BCUT2D eigenvalue weighted by atomic mass is 9.83. The maximum Gasteiger partial charge on any atom is 0.319 e. The summed E-state index contributed by atoms with van der Waals surface area (Å²) >= 11 is 5.83. The summed E-state index contributed by atoms with van der Waals surface area (Å²) in [5.41, 5.74) is 0.475. The van der Waals surface area contributed by atoms with Gasteiger partial charge in [-0.3, -0.25) is 4.79 Å². The quantitative estimate of drug-likeness (QED) is 0.811. The molecule has 0 aromatic heterocycles. The Kier molecular flexibility index (Phi) is 4.55. The number of nitrogens with one attached hydrogen (secondary N) is 2. The van der Waals surface area contributed by atoms with Gasteiger partial charge in [-0.25, -0.2) is 13.6 Å². The van der Waals surface area contributed by atoms with Gasteiger partial charge in [-0.15, -0.1) is 0 Å². The predicted octanol–water partition coefficient (Wildman–Crippen LogP) is 3.98. The predicted molar refractivity (Wildman–Crippen MR) is 89.2 cm³/mol. The van der Waals surface area contributed by atoms with Gasteiger partial charge >= 0.3 is 6.03 Å². The van der Waals surface area contributed by atoms with Crippen LogP contribution in [0.4, 0.5) is 13.6 Å². The highest BCUT2D eigenvalue weighted by Gasteiger charge is 2.39. The van der Waals surface area contributed by atoms with E-state index in [2.05, 4.69) is 17.2 Å². The van der Waals surface area contributed by atoms with Crippen molar-refractivity contribution in [3.05, 3.63) is 82.5 Å². The molecule has 2 atom stereocenters. The van der Waals surface area contributed by atoms with Gasteiger partial charge in [0.2, 0.25) is 0 Å². The molecule has 4 nitrogen and oxygen atoms in total. The van der Waals surface area contributed by atoms with Gasteiger partial charge in [0.15, 0.2) is 5.78 Å². The minimum absolute atomic E-state index is 0.00436. The van der Waals surface area contributed by atoms with E-state index in [1.807, 2.05) is 0 Å². The number of halogens is 3. The van der Waals surface area contributed by atoms with E-state index in [9.17, 15) is 18.4 Å². The lowest BCUT2D eigenvalue weighted by Crippen LogP contribution is -2.51. The van der Waals surface area contributed by atoms with Crippen LogP contribution in [0.15, 0.2) is 54.7 Å². The number of ketones is 1. The SMILES string of the molecule is C=C1NC(=O)N[C@H](c2ccc(F)cc2F)[C@H]1C(=O)c1ccc(Cl)cc1. The summed E-state index contributed by atoms with van der Waals surface area (Å²) in [6, 6.07) is 7.54. The molecule has 7 heteroatoms. The largest absolute Gasteiger partial charge is 0.330 e. The van der Waals surface area contributed by atoms with Crippen molar-refractivity contribution in [2.75, 3.05) is 0 Å². The van der Waals surface area contributed by atoms with E-state index in [0.717, 1.165) is 6.07 Å². The van der Waals surface area contributed by atoms with Gasteiger partial charge in [0.05, 0.1) is 12.0 Å². The van der Waals surface area contributed by atoms with E-state index in [1.54, 1.807) is 12.1 Å². The fourth-order valence-electron chi connectivity index (χ4n) is 2.80. The fraction of sp³-hybridized carbons (Fsp3) is 0.111. The number of hydrogen-bond donors (Lipinski definition) is 2. The van der Waals surface area contributed by atoms with E-state index in [0.29, 0.717) is 16.7 Å². The minimum atomic E-state index is -1.01. The first kappa shape index (κ1) is 17.1. The van der Waals surface area contributed by atoms with Crippen LogP contribution in [0.25, 0.3) is 0 Å². The molecule has 2 aromatic carbocycles. The highest BCUT2D eigenvalue weighted by Crippen LogP contribution is 2.33. The summed E-state index contributed by atoms with van der Waals surface area (Å²) in [4.78, 5) is 24.7. The molecule has 0 aliphatic carbocycles. The van der Waals surface area contributed by atoms with E-state index in [4.69, 9.17) is 11.6 Å². The molecule has 3 rings (SSSR count). The van der Waals surface area contributed by atoms with Gasteiger partial charge in [-0.1, -0.05) is 24.2 Å². The molecule has 1 aliphatic heterocycles. The number of benzene rings is 2. The van der Waals surface area contributed by atoms with Crippen LogP contribution in [0.5, 0.6) is 0 Å². The van der Waals surface area contributed by atoms with Crippen LogP contribution in [0.2, 0.25) is 5.02 Å². The topological polar surface area (TPSA) is 58.2 Å². The first-order valence-electron chi connectivity index (χ1n) is 7.38. The van der Waals surface area contributed by atoms with Crippen LogP contribution in [0.3, 0.4) is 0 Å². The smallest absolute Gasteiger partial charge is 0.319 e. The second-order valence-corrected chi connectivity index (χ2v) is 6.05. The van der Waals surface area contributed by atoms with Crippen LogP contribution >= 0.6 is 11.6 Å². The van der Waals surface area contributed by atoms with Crippen LogP contribution in [-0.2, 0) is 0 Å². The number of hydrogen-bond acceptors (Lipinski definition) is 2.